The van der Waals surface area contributed by atoms with Gasteiger partial charge in [0.1, 0.15) is 0 Å². The summed E-state index contributed by atoms with van der Waals surface area (Å²) >= 11 is 0. The molecule has 22 heavy (non-hydrogen) atoms. The molecule has 1 fully saturated rings. The number of carbonyl (C=O) groups excluding carboxylic acids is 1. The van der Waals surface area contributed by atoms with E-state index in [0.29, 0.717) is 12.6 Å². The Kier molecular flexibility index (Phi) is 5.49. The molecule has 1 aliphatic rings. The number of carbonyl (C=O) groups is 1. The van der Waals surface area contributed by atoms with Crippen LogP contribution in [0.5, 0.6) is 0 Å². The van der Waals surface area contributed by atoms with E-state index in [1.54, 1.807) is 0 Å². The zero-order valence-electron chi connectivity index (χ0n) is 14.5. The van der Waals surface area contributed by atoms with Gasteiger partial charge in [0.15, 0.2) is 0 Å². The lowest BCUT2D eigenvalue weighted by Gasteiger charge is -2.36. The van der Waals surface area contributed by atoms with Gasteiger partial charge >= 0.3 is 6.03 Å². The summed E-state index contributed by atoms with van der Waals surface area (Å²) in [7, 11) is 0. The molecular formula is C19H30N2O. The van der Waals surface area contributed by atoms with Crippen molar-refractivity contribution in [1.29, 1.82) is 0 Å². The third kappa shape index (κ3) is 3.82. The van der Waals surface area contributed by atoms with Crippen LogP contribution in [0.3, 0.4) is 0 Å². The molecule has 2 rings (SSSR count). The van der Waals surface area contributed by atoms with Gasteiger partial charge in [0.2, 0.25) is 0 Å². The number of benzene rings is 1. The molecule has 0 aromatic heterocycles. The molecule has 1 aliphatic heterocycles. The van der Waals surface area contributed by atoms with E-state index in [1.807, 2.05) is 4.90 Å². The van der Waals surface area contributed by atoms with Crippen molar-refractivity contribution in [1.82, 2.24) is 10.2 Å². The second kappa shape index (κ2) is 7.17. The standard InChI is InChI=1S/C19H30N2O/c1-5-16-11-8-9-13-21(16)18(22)20-14-19(3,4)17-12-7-6-10-15(17)2/h6-7,10,12,16H,5,8-9,11,13-14H2,1-4H3,(H,20,22). The topological polar surface area (TPSA) is 32.3 Å². The summed E-state index contributed by atoms with van der Waals surface area (Å²) in [5, 5.41) is 3.17. The summed E-state index contributed by atoms with van der Waals surface area (Å²) in [6.07, 6.45) is 4.57. The van der Waals surface area contributed by atoms with E-state index in [-0.39, 0.29) is 11.4 Å². The van der Waals surface area contributed by atoms with E-state index in [0.717, 1.165) is 25.8 Å². The molecule has 3 heteroatoms. The molecule has 1 atom stereocenters. The van der Waals surface area contributed by atoms with E-state index in [9.17, 15) is 4.79 Å². The number of aryl methyl sites for hydroxylation is 1. The van der Waals surface area contributed by atoms with Gasteiger partial charge in [-0.25, -0.2) is 4.79 Å². The van der Waals surface area contributed by atoms with Gasteiger partial charge in [-0.2, -0.15) is 0 Å². The van der Waals surface area contributed by atoms with E-state index in [4.69, 9.17) is 0 Å². The Morgan fingerprint density at radius 1 is 1.32 bits per heavy atom. The lowest BCUT2D eigenvalue weighted by atomic mass is 9.82. The van der Waals surface area contributed by atoms with Crippen molar-refractivity contribution >= 4 is 6.03 Å². The normalized spacial score (nSPS) is 19.1. The number of nitrogens with zero attached hydrogens (tertiary/aromatic N) is 1. The van der Waals surface area contributed by atoms with Crippen molar-refractivity contribution < 1.29 is 4.79 Å². The monoisotopic (exact) mass is 302 g/mol. The second-order valence-corrected chi connectivity index (χ2v) is 7.11. The summed E-state index contributed by atoms with van der Waals surface area (Å²) in [4.78, 5) is 14.6. The van der Waals surface area contributed by atoms with E-state index in [2.05, 4.69) is 57.3 Å². The third-order valence-electron chi connectivity index (χ3n) is 4.91. The Bertz CT molecular complexity index is 510. The number of piperidine rings is 1. The summed E-state index contributed by atoms with van der Waals surface area (Å²) < 4.78 is 0. The molecule has 0 bridgehead atoms. The summed E-state index contributed by atoms with van der Waals surface area (Å²) in [5.41, 5.74) is 2.53. The van der Waals surface area contributed by atoms with Crippen LogP contribution >= 0.6 is 0 Å². The number of urea groups is 1. The maximum atomic E-state index is 12.5. The fourth-order valence-corrected chi connectivity index (χ4v) is 3.52. The molecule has 0 aliphatic carbocycles. The summed E-state index contributed by atoms with van der Waals surface area (Å²) in [6, 6.07) is 8.95. The Hall–Kier alpha value is -1.51. The number of amides is 2. The van der Waals surface area contributed by atoms with Gasteiger partial charge in [-0.05, 0) is 43.7 Å². The fourth-order valence-electron chi connectivity index (χ4n) is 3.52. The molecule has 1 unspecified atom stereocenters. The Morgan fingerprint density at radius 3 is 2.73 bits per heavy atom. The van der Waals surface area contributed by atoms with Gasteiger partial charge in [-0.15, -0.1) is 0 Å². The summed E-state index contributed by atoms with van der Waals surface area (Å²) in [6.45, 7) is 10.3. The lowest BCUT2D eigenvalue weighted by molar-refractivity contribution is 0.147. The average Bonchev–Trinajstić information content (AvgIpc) is 2.53. The highest BCUT2D eigenvalue weighted by molar-refractivity contribution is 5.74. The summed E-state index contributed by atoms with van der Waals surface area (Å²) in [5.74, 6) is 0. The van der Waals surface area contributed by atoms with Crippen LogP contribution in [0.4, 0.5) is 4.79 Å². The minimum atomic E-state index is -0.0570. The van der Waals surface area contributed by atoms with Crippen LogP contribution in [0.15, 0.2) is 24.3 Å². The fraction of sp³-hybridized carbons (Fsp3) is 0.632. The molecule has 3 nitrogen and oxygen atoms in total. The van der Waals surface area contributed by atoms with E-state index >= 15 is 0 Å². The first-order valence-corrected chi connectivity index (χ1v) is 8.56. The Balaban J connectivity index is 1.99. The van der Waals surface area contributed by atoms with Crippen molar-refractivity contribution in [2.75, 3.05) is 13.1 Å². The highest BCUT2D eigenvalue weighted by Crippen LogP contribution is 2.26. The van der Waals surface area contributed by atoms with E-state index in [1.165, 1.54) is 17.5 Å². The van der Waals surface area contributed by atoms with Crippen LogP contribution < -0.4 is 5.32 Å². The molecule has 1 aromatic carbocycles. The van der Waals surface area contributed by atoms with Gasteiger partial charge < -0.3 is 10.2 Å². The molecule has 1 aromatic rings. The van der Waals surface area contributed by atoms with E-state index < -0.39 is 0 Å². The van der Waals surface area contributed by atoms with Crippen LogP contribution in [0.2, 0.25) is 0 Å². The lowest BCUT2D eigenvalue weighted by Crippen LogP contribution is -2.50. The van der Waals surface area contributed by atoms with Crippen molar-refractivity contribution in [3.8, 4) is 0 Å². The molecule has 0 spiro atoms. The van der Waals surface area contributed by atoms with Crippen molar-refractivity contribution in [2.45, 2.75) is 64.8 Å². The van der Waals surface area contributed by atoms with Gasteiger partial charge in [0.25, 0.3) is 0 Å². The Morgan fingerprint density at radius 2 is 2.05 bits per heavy atom. The second-order valence-electron chi connectivity index (χ2n) is 7.11. The van der Waals surface area contributed by atoms with Crippen LogP contribution in [-0.2, 0) is 5.41 Å². The van der Waals surface area contributed by atoms with Gasteiger partial charge in [-0.3, -0.25) is 0 Å². The molecule has 122 valence electrons. The molecule has 1 heterocycles. The average molecular weight is 302 g/mol. The zero-order valence-corrected chi connectivity index (χ0v) is 14.5. The quantitative estimate of drug-likeness (QED) is 0.886. The van der Waals surface area contributed by atoms with Crippen molar-refractivity contribution in [3.63, 3.8) is 0 Å². The molecule has 1 N–H and O–H groups in total. The number of hydrogen-bond acceptors (Lipinski definition) is 1. The number of hydrogen-bond donors (Lipinski definition) is 1. The minimum Gasteiger partial charge on any atom is -0.337 e. The smallest absolute Gasteiger partial charge is 0.317 e. The van der Waals surface area contributed by atoms with Gasteiger partial charge in [0, 0.05) is 24.5 Å². The van der Waals surface area contributed by atoms with Crippen molar-refractivity contribution in [2.24, 2.45) is 0 Å². The first-order chi connectivity index (χ1) is 10.5. The number of likely N-dealkylation sites (tertiary alicyclic amines) is 1. The highest BCUT2D eigenvalue weighted by atomic mass is 16.2. The zero-order chi connectivity index (χ0) is 16.2. The molecule has 0 radical (unpaired) electrons. The molecule has 0 saturated carbocycles. The number of rotatable bonds is 4. The predicted octanol–water partition coefficient (Wildman–Crippen LogP) is 4.25. The van der Waals surface area contributed by atoms with Gasteiger partial charge in [0.05, 0.1) is 0 Å². The SMILES string of the molecule is CCC1CCCCN1C(=O)NCC(C)(C)c1ccccc1C. The minimum absolute atomic E-state index is 0.0570. The highest BCUT2D eigenvalue weighted by Gasteiger charge is 2.28. The first kappa shape index (κ1) is 16.9. The van der Waals surface area contributed by atoms with Crippen LogP contribution in [0.1, 0.15) is 57.6 Å². The van der Waals surface area contributed by atoms with Gasteiger partial charge in [-0.1, -0.05) is 45.0 Å². The van der Waals surface area contributed by atoms with Crippen LogP contribution in [-0.4, -0.2) is 30.1 Å². The molecule has 2 amide bonds. The van der Waals surface area contributed by atoms with Crippen LogP contribution in [0.25, 0.3) is 0 Å². The first-order valence-electron chi connectivity index (χ1n) is 8.56. The van der Waals surface area contributed by atoms with Crippen molar-refractivity contribution in [3.05, 3.63) is 35.4 Å². The number of nitrogens with one attached hydrogen (secondary N) is 1. The predicted molar refractivity (Wildman–Crippen MR) is 92.2 cm³/mol. The third-order valence-corrected chi connectivity index (χ3v) is 4.91. The maximum Gasteiger partial charge on any atom is 0.317 e. The molecule has 1 saturated heterocycles. The largest absolute Gasteiger partial charge is 0.337 e. The van der Waals surface area contributed by atoms with Crippen LogP contribution in [0, 0.1) is 6.92 Å². The Labute approximate surface area is 135 Å². The molecular weight excluding hydrogens is 272 g/mol. The maximum absolute atomic E-state index is 12.5.